The van der Waals surface area contributed by atoms with Crippen LogP contribution in [-0.4, -0.2) is 66.3 Å². The highest BCUT2D eigenvalue weighted by Gasteiger charge is 2.42. The molecule has 1 saturated heterocycles. The lowest BCUT2D eigenvalue weighted by Gasteiger charge is -2.41. The number of fused-ring (bicyclic) bond motifs is 1. The molecule has 0 aliphatic carbocycles. The highest BCUT2D eigenvalue weighted by molar-refractivity contribution is 7.89. The molecule has 4 heterocycles. The zero-order chi connectivity index (χ0) is 30.8. The number of benzene rings is 2. The van der Waals surface area contributed by atoms with Crippen molar-refractivity contribution in [2.45, 2.75) is 29.6 Å². The first kappa shape index (κ1) is 29.8. The SMILES string of the molecule is Cn1cc(C2CCN(c3nccc4sc(-c5ccc(S(=O)(=O)NCCN)cc5)cc34)C(F)[C@@H]2NC(=O)c2ccccc2)nn1. The Labute approximate surface area is 258 Å². The van der Waals surface area contributed by atoms with Gasteiger partial charge in [0.2, 0.25) is 10.0 Å². The van der Waals surface area contributed by atoms with Gasteiger partial charge in [0.05, 0.1) is 16.6 Å². The number of carbonyl (C=O) groups is 1. The summed E-state index contributed by atoms with van der Waals surface area (Å²) in [5.41, 5.74) is 7.30. The van der Waals surface area contributed by atoms with Crippen LogP contribution in [-0.2, 0) is 17.1 Å². The summed E-state index contributed by atoms with van der Waals surface area (Å²) in [5, 5.41) is 12.0. The molecule has 1 aliphatic heterocycles. The number of hydrogen-bond donors (Lipinski definition) is 3. The Bertz CT molecular complexity index is 1880. The van der Waals surface area contributed by atoms with Gasteiger partial charge >= 0.3 is 0 Å². The highest BCUT2D eigenvalue weighted by Crippen LogP contribution is 2.41. The minimum absolute atomic E-state index is 0.146. The molecule has 2 unspecified atom stereocenters. The van der Waals surface area contributed by atoms with Crippen LogP contribution in [0.3, 0.4) is 0 Å². The second-order valence-corrected chi connectivity index (χ2v) is 13.4. The first-order chi connectivity index (χ1) is 21.2. The highest BCUT2D eigenvalue weighted by atomic mass is 32.2. The van der Waals surface area contributed by atoms with E-state index in [0.29, 0.717) is 30.0 Å². The number of nitrogens with zero attached hydrogens (tertiary/aromatic N) is 5. The average molecular weight is 635 g/mol. The second kappa shape index (κ2) is 12.4. The fraction of sp³-hybridized carbons (Fsp3) is 0.267. The van der Waals surface area contributed by atoms with Gasteiger partial charge in [0.1, 0.15) is 5.82 Å². The van der Waals surface area contributed by atoms with Gasteiger partial charge in [0.15, 0.2) is 6.30 Å². The van der Waals surface area contributed by atoms with Crippen molar-refractivity contribution in [2.24, 2.45) is 12.8 Å². The van der Waals surface area contributed by atoms with Crippen LogP contribution in [0.2, 0.25) is 0 Å². The number of rotatable bonds is 9. The van der Waals surface area contributed by atoms with Crippen LogP contribution < -0.4 is 20.7 Å². The van der Waals surface area contributed by atoms with E-state index in [1.54, 1.807) is 77.6 Å². The molecule has 228 valence electrons. The van der Waals surface area contributed by atoms with E-state index in [0.717, 1.165) is 20.5 Å². The van der Waals surface area contributed by atoms with Crippen LogP contribution in [0, 0.1) is 0 Å². The first-order valence-corrected chi connectivity index (χ1v) is 16.4. The Morgan fingerprint density at radius 1 is 1.14 bits per heavy atom. The van der Waals surface area contributed by atoms with Crippen molar-refractivity contribution in [1.29, 1.82) is 0 Å². The summed E-state index contributed by atoms with van der Waals surface area (Å²) in [6.07, 6.45) is 2.32. The lowest BCUT2D eigenvalue weighted by molar-refractivity contribution is 0.0872. The molecule has 0 bridgehead atoms. The Hall–Kier alpha value is -4.24. The third-order valence-corrected chi connectivity index (χ3v) is 10.3. The van der Waals surface area contributed by atoms with Crippen molar-refractivity contribution in [3.63, 3.8) is 0 Å². The Kier molecular flexibility index (Phi) is 8.40. The molecule has 0 radical (unpaired) electrons. The monoisotopic (exact) mass is 634 g/mol. The first-order valence-electron chi connectivity index (χ1n) is 14.1. The fourth-order valence-electron chi connectivity index (χ4n) is 5.44. The lowest BCUT2D eigenvalue weighted by Crippen LogP contribution is -2.57. The van der Waals surface area contributed by atoms with E-state index < -0.39 is 28.3 Å². The molecular formula is C30H31FN8O3S2. The van der Waals surface area contributed by atoms with Gasteiger partial charge in [0, 0.05) is 65.5 Å². The molecule has 11 nitrogen and oxygen atoms in total. The summed E-state index contributed by atoms with van der Waals surface area (Å²) in [6.45, 7) is 0.700. The molecule has 2 aromatic carbocycles. The smallest absolute Gasteiger partial charge is 0.251 e. The van der Waals surface area contributed by atoms with E-state index in [-0.39, 0.29) is 23.9 Å². The van der Waals surface area contributed by atoms with Gasteiger partial charge in [0.25, 0.3) is 5.91 Å². The Morgan fingerprint density at radius 3 is 2.61 bits per heavy atom. The van der Waals surface area contributed by atoms with E-state index in [4.69, 9.17) is 5.73 Å². The van der Waals surface area contributed by atoms with E-state index >= 15 is 4.39 Å². The van der Waals surface area contributed by atoms with Gasteiger partial charge < -0.3 is 16.0 Å². The molecule has 0 spiro atoms. The molecule has 5 aromatic rings. The van der Waals surface area contributed by atoms with Gasteiger partial charge in [-0.2, -0.15) is 0 Å². The number of alkyl halides is 1. The molecule has 6 rings (SSSR count). The zero-order valence-corrected chi connectivity index (χ0v) is 25.4. The molecule has 14 heteroatoms. The molecule has 0 saturated carbocycles. The van der Waals surface area contributed by atoms with Crippen LogP contribution in [0.5, 0.6) is 0 Å². The summed E-state index contributed by atoms with van der Waals surface area (Å²) < 4.78 is 46.5. The van der Waals surface area contributed by atoms with E-state index in [2.05, 4.69) is 25.3 Å². The standard InChI is InChI=1S/C30H31FN8O3S2/c1-38-18-24(36-37-38)22-12-16-39(28(31)27(22)35-30(40)20-5-3-2-4-6-20)29-23-17-26(43-25(23)11-14-33-29)19-7-9-21(10-8-19)44(41,42)34-15-13-32/h2-11,14,17-18,22,27-28,34H,12-13,15-16,32H2,1H3,(H,35,40)/t22?,27-,28?/m1/s1. The molecule has 3 aromatic heterocycles. The topological polar surface area (TPSA) is 148 Å². The summed E-state index contributed by atoms with van der Waals surface area (Å²) in [4.78, 5) is 20.4. The summed E-state index contributed by atoms with van der Waals surface area (Å²) in [7, 11) is -1.90. The predicted molar refractivity (Wildman–Crippen MR) is 168 cm³/mol. The van der Waals surface area contributed by atoms with Crippen LogP contribution >= 0.6 is 11.3 Å². The maximum absolute atomic E-state index is 16.7. The molecule has 3 atom stereocenters. The fourth-order valence-corrected chi connectivity index (χ4v) is 7.55. The van der Waals surface area contributed by atoms with Crippen molar-refractivity contribution < 1.29 is 17.6 Å². The van der Waals surface area contributed by atoms with Crippen molar-refractivity contribution in [3.05, 3.63) is 90.4 Å². The number of amides is 1. The van der Waals surface area contributed by atoms with Crippen molar-refractivity contribution in [1.82, 2.24) is 30.0 Å². The number of aryl methyl sites for hydroxylation is 1. The zero-order valence-electron chi connectivity index (χ0n) is 23.8. The number of thiophene rings is 1. The maximum Gasteiger partial charge on any atom is 0.251 e. The largest absolute Gasteiger partial charge is 0.344 e. The van der Waals surface area contributed by atoms with Crippen molar-refractivity contribution in [2.75, 3.05) is 24.5 Å². The normalized spacial score (nSPS) is 18.9. The van der Waals surface area contributed by atoms with Gasteiger partial charge in [-0.15, -0.1) is 16.4 Å². The average Bonchev–Trinajstić information content (AvgIpc) is 3.68. The summed E-state index contributed by atoms with van der Waals surface area (Å²) in [6, 6.07) is 18.2. The minimum atomic E-state index is -3.65. The number of aromatic nitrogens is 4. The molecular weight excluding hydrogens is 604 g/mol. The molecule has 4 N–H and O–H groups in total. The van der Waals surface area contributed by atoms with E-state index in [1.165, 1.54) is 11.3 Å². The Morgan fingerprint density at radius 2 is 1.91 bits per heavy atom. The summed E-state index contributed by atoms with van der Waals surface area (Å²) in [5.74, 6) is -0.296. The Balaban J connectivity index is 1.31. The maximum atomic E-state index is 16.7. The van der Waals surface area contributed by atoms with Crippen molar-refractivity contribution >= 4 is 43.2 Å². The predicted octanol–water partition coefficient (Wildman–Crippen LogP) is 3.42. The van der Waals surface area contributed by atoms with Crippen LogP contribution in [0.1, 0.15) is 28.4 Å². The number of nitrogens with one attached hydrogen (secondary N) is 2. The quantitative estimate of drug-likeness (QED) is 0.209. The third-order valence-electron chi connectivity index (χ3n) is 7.62. The lowest BCUT2D eigenvalue weighted by atomic mass is 9.87. The van der Waals surface area contributed by atoms with Crippen molar-refractivity contribution in [3.8, 4) is 10.4 Å². The summed E-state index contributed by atoms with van der Waals surface area (Å²) >= 11 is 1.50. The van der Waals surface area contributed by atoms with Crippen LogP contribution in [0.25, 0.3) is 20.5 Å². The van der Waals surface area contributed by atoms with Crippen LogP contribution in [0.4, 0.5) is 10.2 Å². The van der Waals surface area contributed by atoms with Gasteiger partial charge in [-0.05, 0) is 48.4 Å². The number of hydrogen-bond acceptors (Lipinski definition) is 9. The molecule has 1 fully saturated rings. The number of nitrogens with two attached hydrogens (primary N) is 1. The van der Waals surface area contributed by atoms with E-state index in [9.17, 15) is 13.2 Å². The number of pyridine rings is 1. The van der Waals surface area contributed by atoms with Crippen LogP contribution in [0.15, 0.2) is 84.0 Å². The number of piperidine rings is 1. The molecule has 1 amide bonds. The van der Waals surface area contributed by atoms with Gasteiger partial charge in [-0.3, -0.25) is 9.48 Å². The van der Waals surface area contributed by atoms with Gasteiger partial charge in [-0.25, -0.2) is 22.5 Å². The number of anilines is 1. The van der Waals surface area contributed by atoms with E-state index in [1.807, 2.05) is 18.2 Å². The molecule has 1 aliphatic rings. The number of halogens is 1. The van der Waals surface area contributed by atoms with Gasteiger partial charge in [-0.1, -0.05) is 35.5 Å². The minimum Gasteiger partial charge on any atom is -0.344 e. The second-order valence-electron chi connectivity index (χ2n) is 10.5. The number of sulfonamides is 1. The third kappa shape index (κ3) is 5.93. The molecule has 44 heavy (non-hydrogen) atoms. The number of carbonyl (C=O) groups excluding carboxylic acids is 1.